The van der Waals surface area contributed by atoms with Gasteiger partial charge in [0.05, 0.1) is 0 Å². The van der Waals surface area contributed by atoms with Crippen molar-refractivity contribution in [3.8, 4) is 0 Å². The second-order valence-corrected chi connectivity index (χ2v) is 5.46. The number of rotatable bonds is 4. The average Bonchev–Trinajstić information content (AvgIpc) is 2.35. The molecule has 1 heterocycles. The molecule has 1 fully saturated rings. The lowest BCUT2D eigenvalue weighted by molar-refractivity contribution is 0.234. The Hall–Kier alpha value is -0.930. The Labute approximate surface area is 109 Å². The summed E-state index contributed by atoms with van der Waals surface area (Å²) in [7, 11) is 2.13. The third-order valence-corrected chi connectivity index (χ3v) is 3.78. The molecule has 1 aliphatic heterocycles. The van der Waals surface area contributed by atoms with Gasteiger partial charge in [0.2, 0.25) is 0 Å². The number of benzene rings is 1. The number of aryl methyl sites for hydroxylation is 1. The van der Waals surface area contributed by atoms with E-state index in [4.69, 9.17) is 0 Å². The summed E-state index contributed by atoms with van der Waals surface area (Å²) in [6.45, 7) is 6.27. The van der Waals surface area contributed by atoms with Crippen molar-refractivity contribution in [2.24, 2.45) is 5.92 Å². The van der Waals surface area contributed by atoms with Crippen molar-refractivity contribution in [2.75, 3.05) is 26.7 Å². The number of halogens is 1. The molecule has 18 heavy (non-hydrogen) atoms. The van der Waals surface area contributed by atoms with Gasteiger partial charge in [0.1, 0.15) is 5.82 Å². The minimum atomic E-state index is -0.133. The number of hydrogen-bond donors (Lipinski definition) is 1. The van der Waals surface area contributed by atoms with E-state index in [0.717, 1.165) is 37.7 Å². The zero-order valence-corrected chi connectivity index (χ0v) is 11.4. The van der Waals surface area contributed by atoms with Crippen molar-refractivity contribution in [1.82, 2.24) is 10.2 Å². The van der Waals surface area contributed by atoms with Gasteiger partial charge in [-0.05, 0) is 69.1 Å². The Morgan fingerprint density at radius 2 is 2.06 bits per heavy atom. The molecule has 0 atom stereocenters. The third-order valence-electron chi connectivity index (χ3n) is 3.78. The average molecular weight is 250 g/mol. The maximum Gasteiger partial charge on any atom is 0.123 e. The fraction of sp³-hybridized carbons (Fsp3) is 0.600. The number of hydrogen-bond acceptors (Lipinski definition) is 2. The van der Waals surface area contributed by atoms with Crippen molar-refractivity contribution in [3.05, 3.63) is 35.1 Å². The van der Waals surface area contributed by atoms with Crippen LogP contribution in [0.25, 0.3) is 0 Å². The Kier molecular flexibility index (Phi) is 4.72. The van der Waals surface area contributed by atoms with Gasteiger partial charge in [-0.1, -0.05) is 6.07 Å². The zero-order chi connectivity index (χ0) is 13.0. The van der Waals surface area contributed by atoms with E-state index in [9.17, 15) is 4.39 Å². The van der Waals surface area contributed by atoms with Crippen LogP contribution in [0.1, 0.15) is 24.0 Å². The molecule has 0 amide bonds. The highest BCUT2D eigenvalue weighted by Crippen LogP contribution is 2.16. The molecule has 1 aliphatic rings. The molecule has 2 rings (SSSR count). The van der Waals surface area contributed by atoms with Crippen LogP contribution in [0, 0.1) is 18.7 Å². The van der Waals surface area contributed by atoms with Crippen molar-refractivity contribution >= 4 is 0 Å². The van der Waals surface area contributed by atoms with E-state index in [1.807, 2.05) is 13.0 Å². The molecule has 3 heteroatoms. The predicted molar refractivity (Wildman–Crippen MR) is 73.1 cm³/mol. The molecule has 0 aromatic heterocycles. The monoisotopic (exact) mass is 250 g/mol. The van der Waals surface area contributed by atoms with Crippen molar-refractivity contribution in [1.29, 1.82) is 0 Å². The van der Waals surface area contributed by atoms with Crippen LogP contribution in [0.2, 0.25) is 0 Å². The topological polar surface area (TPSA) is 15.3 Å². The molecule has 1 saturated heterocycles. The molecule has 2 nitrogen and oxygen atoms in total. The molecular formula is C15H23FN2. The summed E-state index contributed by atoms with van der Waals surface area (Å²) in [5, 5.41) is 3.39. The van der Waals surface area contributed by atoms with Crippen LogP contribution in [0.4, 0.5) is 4.39 Å². The van der Waals surface area contributed by atoms with E-state index < -0.39 is 0 Å². The molecule has 0 radical (unpaired) electrons. The van der Waals surface area contributed by atoms with Crippen LogP contribution in [-0.2, 0) is 6.54 Å². The molecule has 100 valence electrons. The third kappa shape index (κ3) is 3.79. The lowest BCUT2D eigenvalue weighted by atomic mass is 9.97. The van der Waals surface area contributed by atoms with E-state index in [1.54, 1.807) is 6.07 Å². The van der Waals surface area contributed by atoms with E-state index in [0.29, 0.717) is 0 Å². The minimum Gasteiger partial charge on any atom is -0.317 e. The first-order valence-corrected chi connectivity index (χ1v) is 6.79. The summed E-state index contributed by atoms with van der Waals surface area (Å²) in [6, 6.07) is 5.06. The highest BCUT2D eigenvalue weighted by molar-refractivity contribution is 5.26. The van der Waals surface area contributed by atoms with Crippen molar-refractivity contribution in [3.63, 3.8) is 0 Å². The minimum absolute atomic E-state index is 0.133. The number of nitrogens with one attached hydrogen (secondary N) is 1. The van der Waals surface area contributed by atoms with Gasteiger partial charge in [-0.25, -0.2) is 4.39 Å². The smallest absolute Gasteiger partial charge is 0.123 e. The fourth-order valence-electron chi connectivity index (χ4n) is 2.67. The SMILES string of the molecule is Cc1ccc(F)cc1CN(C)CC1CCNCC1. The highest BCUT2D eigenvalue weighted by Gasteiger charge is 2.15. The Morgan fingerprint density at radius 1 is 1.33 bits per heavy atom. The van der Waals surface area contributed by atoms with Crippen LogP contribution in [-0.4, -0.2) is 31.6 Å². The van der Waals surface area contributed by atoms with Crippen molar-refractivity contribution in [2.45, 2.75) is 26.3 Å². The largest absolute Gasteiger partial charge is 0.317 e. The molecular weight excluding hydrogens is 227 g/mol. The van der Waals surface area contributed by atoms with Gasteiger partial charge in [-0.3, -0.25) is 0 Å². The van der Waals surface area contributed by atoms with Crippen LogP contribution in [0.3, 0.4) is 0 Å². The Morgan fingerprint density at radius 3 is 2.78 bits per heavy atom. The normalized spacial score (nSPS) is 17.3. The Bertz CT molecular complexity index is 386. The van der Waals surface area contributed by atoms with Gasteiger partial charge < -0.3 is 10.2 Å². The first-order chi connectivity index (χ1) is 8.65. The molecule has 0 unspecified atom stereocenters. The molecule has 1 N–H and O–H groups in total. The predicted octanol–water partition coefficient (Wildman–Crippen LogP) is 2.57. The Balaban J connectivity index is 1.89. The van der Waals surface area contributed by atoms with Gasteiger partial charge in [0.15, 0.2) is 0 Å². The van der Waals surface area contributed by atoms with Gasteiger partial charge >= 0.3 is 0 Å². The van der Waals surface area contributed by atoms with Crippen LogP contribution in [0.15, 0.2) is 18.2 Å². The molecule has 0 spiro atoms. The standard InChI is InChI=1S/C15H23FN2/c1-12-3-4-15(16)9-14(12)11-18(2)10-13-5-7-17-8-6-13/h3-4,9,13,17H,5-8,10-11H2,1-2H3. The first kappa shape index (κ1) is 13.5. The molecule has 1 aromatic rings. The highest BCUT2D eigenvalue weighted by atomic mass is 19.1. The maximum atomic E-state index is 13.2. The maximum absolute atomic E-state index is 13.2. The molecule has 0 saturated carbocycles. The lowest BCUT2D eigenvalue weighted by Crippen LogP contribution is -2.34. The fourth-order valence-corrected chi connectivity index (χ4v) is 2.67. The van der Waals surface area contributed by atoms with Crippen LogP contribution in [0.5, 0.6) is 0 Å². The summed E-state index contributed by atoms with van der Waals surface area (Å²) in [5.41, 5.74) is 2.28. The van der Waals surface area contributed by atoms with E-state index >= 15 is 0 Å². The number of piperidine rings is 1. The van der Waals surface area contributed by atoms with Gasteiger partial charge in [-0.2, -0.15) is 0 Å². The summed E-state index contributed by atoms with van der Waals surface area (Å²) in [6.07, 6.45) is 2.51. The zero-order valence-electron chi connectivity index (χ0n) is 11.4. The van der Waals surface area contributed by atoms with Gasteiger partial charge in [0, 0.05) is 13.1 Å². The molecule has 0 aliphatic carbocycles. The summed E-state index contributed by atoms with van der Waals surface area (Å²) < 4.78 is 13.2. The van der Waals surface area contributed by atoms with E-state index in [1.165, 1.54) is 24.5 Å². The van der Waals surface area contributed by atoms with Gasteiger partial charge in [-0.15, -0.1) is 0 Å². The van der Waals surface area contributed by atoms with Crippen LogP contribution < -0.4 is 5.32 Å². The number of nitrogens with zero attached hydrogens (tertiary/aromatic N) is 1. The summed E-state index contributed by atoms with van der Waals surface area (Å²) in [4.78, 5) is 2.32. The first-order valence-electron chi connectivity index (χ1n) is 6.79. The van der Waals surface area contributed by atoms with Crippen LogP contribution >= 0.6 is 0 Å². The summed E-state index contributed by atoms with van der Waals surface area (Å²) >= 11 is 0. The van der Waals surface area contributed by atoms with E-state index in [-0.39, 0.29) is 5.82 Å². The second kappa shape index (κ2) is 6.30. The van der Waals surface area contributed by atoms with Gasteiger partial charge in [0.25, 0.3) is 0 Å². The van der Waals surface area contributed by atoms with E-state index in [2.05, 4.69) is 17.3 Å². The quantitative estimate of drug-likeness (QED) is 0.883. The molecule has 1 aromatic carbocycles. The molecule has 0 bridgehead atoms. The second-order valence-electron chi connectivity index (χ2n) is 5.46. The van der Waals surface area contributed by atoms with Crippen molar-refractivity contribution < 1.29 is 4.39 Å². The lowest BCUT2D eigenvalue weighted by Gasteiger charge is -2.27. The summed E-state index contributed by atoms with van der Waals surface area (Å²) in [5.74, 6) is 0.649.